The highest BCUT2D eigenvalue weighted by molar-refractivity contribution is 5.88. The third-order valence-corrected chi connectivity index (χ3v) is 2.91. The number of fused-ring (bicyclic) bond motifs is 1. The minimum absolute atomic E-state index is 0.214. The maximum absolute atomic E-state index is 13.1. The van der Waals surface area contributed by atoms with Gasteiger partial charge in [-0.05, 0) is 41.5 Å². The molecule has 0 aromatic heterocycles. The molecule has 0 fully saturated rings. The van der Waals surface area contributed by atoms with Crippen LogP contribution < -0.4 is 4.74 Å². The van der Waals surface area contributed by atoms with E-state index in [1.54, 1.807) is 6.07 Å². The van der Waals surface area contributed by atoms with Crippen LogP contribution in [0.15, 0.2) is 36.4 Å². The summed E-state index contributed by atoms with van der Waals surface area (Å²) >= 11 is 0. The van der Waals surface area contributed by atoms with Crippen molar-refractivity contribution in [3.63, 3.8) is 0 Å². The fourth-order valence-corrected chi connectivity index (χ4v) is 1.82. The highest BCUT2D eigenvalue weighted by Crippen LogP contribution is 2.27. The van der Waals surface area contributed by atoms with Crippen molar-refractivity contribution in [2.24, 2.45) is 5.41 Å². The first-order chi connectivity index (χ1) is 8.46. The van der Waals surface area contributed by atoms with Gasteiger partial charge in [0.05, 0.1) is 6.61 Å². The lowest BCUT2D eigenvalue weighted by molar-refractivity contribution is 0.245. The topological polar surface area (TPSA) is 9.23 Å². The Kier molecular flexibility index (Phi) is 3.55. The zero-order valence-electron chi connectivity index (χ0n) is 11.2. The number of halogens is 1. The third-order valence-electron chi connectivity index (χ3n) is 2.91. The van der Waals surface area contributed by atoms with E-state index >= 15 is 0 Å². The number of hydrogen-bond donors (Lipinski definition) is 0. The smallest absolute Gasteiger partial charge is 0.127 e. The maximum Gasteiger partial charge on any atom is 0.127 e. The fourth-order valence-electron chi connectivity index (χ4n) is 1.82. The number of hydrogen-bond acceptors (Lipinski definition) is 1. The largest absolute Gasteiger partial charge is 0.493 e. The molecule has 0 saturated heterocycles. The Balaban J connectivity index is 2.18. The van der Waals surface area contributed by atoms with Gasteiger partial charge in [0.25, 0.3) is 0 Å². The van der Waals surface area contributed by atoms with Gasteiger partial charge in [0.15, 0.2) is 0 Å². The van der Waals surface area contributed by atoms with E-state index in [4.69, 9.17) is 4.74 Å². The Morgan fingerprint density at radius 2 is 1.89 bits per heavy atom. The van der Waals surface area contributed by atoms with Gasteiger partial charge in [-0.1, -0.05) is 32.9 Å². The molecule has 0 heterocycles. The molecule has 0 bridgehead atoms. The van der Waals surface area contributed by atoms with E-state index in [-0.39, 0.29) is 11.2 Å². The van der Waals surface area contributed by atoms with Crippen LogP contribution in [0.2, 0.25) is 0 Å². The van der Waals surface area contributed by atoms with Crippen LogP contribution in [0.1, 0.15) is 27.2 Å². The summed E-state index contributed by atoms with van der Waals surface area (Å²) in [5, 5.41) is 1.84. The molecule has 0 N–H and O–H groups in total. The lowest BCUT2D eigenvalue weighted by atomic mass is 9.93. The van der Waals surface area contributed by atoms with Crippen molar-refractivity contribution in [3.8, 4) is 5.75 Å². The first-order valence-electron chi connectivity index (χ1n) is 6.27. The molecule has 0 atom stereocenters. The average molecular weight is 246 g/mol. The average Bonchev–Trinajstić information content (AvgIpc) is 2.27. The summed E-state index contributed by atoms with van der Waals surface area (Å²) in [4.78, 5) is 0. The molecule has 0 radical (unpaired) electrons. The molecule has 1 nitrogen and oxygen atoms in total. The van der Waals surface area contributed by atoms with Crippen LogP contribution in [0, 0.1) is 11.2 Å². The molecule has 2 rings (SSSR count). The number of rotatable bonds is 3. The van der Waals surface area contributed by atoms with Crippen LogP contribution in [0.25, 0.3) is 10.8 Å². The van der Waals surface area contributed by atoms with Gasteiger partial charge in [-0.15, -0.1) is 0 Å². The van der Waals surface area contributed by atoms with E-state index in [9.17, 15) is 4.39 Å². The molecule has 2 aromatic rings. The monoisotopic (exact) mass is 246 g/mol. The van der Waals surface area contributed by atoms with E-state index in [1.165, 1.54) is 12.1 Å². The molecule has 0 aliphatic carbocycles. The van der Waals surface area contributed by atoms with Crippen LogP contribution in [0.3, 0.4) is 0 Å². The highest BCUT2D eigenvalue weighted by Gasteiger charge is 2.10. The van der Waals surface area contributed by atoms with Gasteiger partial charge in [0.2, 0.25) is 0 Å². The minimum Gasteiger partial charge on any atom is -0.493 e. The second-order valence-corrected chi connectivity index (χ2v) is 5.78. The zero-order chi connectivity index (χ0) is 13.2. The van der Waals surface area contributed by atoms with Gasteiger partial charge in [-0.2, -0.15) is 0 Å². The van der Waals surface area contributed by atoms with E-state index in [1.807, 2.05) is 18.2 Å². The lowest BCUT2D eigenvalue weighted by Crippen LogP contribution is -2.11. The highest BCUT2D eigenvalue weighted by atomic mass is 19.1. The molecule has 2 heteroatoms. The molecule has 0 amide bonds. The van der Waals surface area contributed by atoms with Crippen LogP contribution in [0.4, 0.5) is 4.39 Å². The Morgan fingerprint density at radius 1 is 1.11 bits per heavy atom. The zero-order valence-corrected chi connectivity index (χ0v) is 11.2. The molecule has 0 aliphatic rings. The van der Waals surface area contributed by atoms with Crippen LogP contribution in [-0.4, -0.2) is 6.61 Å². The van der Waals surface area contributed by atoms with Crippen molar-refractivity contribution in [1.82, 2.24) is 0 Å². The predicted molar refractivity (Wildman–Crippen MR) is 73.5 cm³/mol. The summed E-state index contributed by atoms with van der Waals surface area (Å²) in [6.45, 7) is 7.25. The molecule has 0 spiro atoms. The van der Waals surface area contributed by atoms with Crippen molar-refractivity contribution in [1.29, 1.82) is 0 Å². The van der Waals surface area contributed by atoms with E-state index in [0.29, 0.717) is 6.61 Å². The summed E-state index contributed by atoms with van der Waals surface area (Å²) in [5.74, 6) is 0.617. The van der Waals surface area contributed by atoms with Gasteiger partial charge in [-0.3, -0.25) is 0 Å². The fraction of sp³-hybridized carbons (Fsp3) is 0.375. The van der Waals surface area contributed by atoms with E-state index < -0.39 is 0 Å². The van der Waals surface area contributed by atoms with Crippen molar-refractivity contribution >= 4 is 10.8 Å². The van der Waals surface area contributed by atoms with Crippen LogP contribution in [0.5, 0.6) is 5.75 Å². The first-order valence-corrected chi connectivity index (χ1v) is 6.27. The second-order valence-electron chi connectivity index (χ2n) is 5.78. The SMILES string of the molecule is CC(C)(C)CCOc1cccc2cc(F)ccc12. The normalized spacial score (nSPS) is 11.8. The van der Waals surface area contributed by atoms with Crippen molar-refractivity contribution < 1.29 is 9.13 Å². The third kappa shape index (κ3) is 3.22. The van der Waals surface area contributed by atoms with Gasteiger partial charge >= 0.3 is 0 Å². The van der Waals surface area contributed by atoms with E-state index in [2.05, 4.69) is 20.8 Å². The molecule has 18 heavy (non-hydrogen) atoms. The Morgan fingerprint density at radius 3 is 2.61 bits per heavy atom. The predicted octanol–water partition coefficient (Wildman–Crippen LogP) is 4.79. The Hall–Kier alpha value is -1.57. The summed E-state index contributed by atoms with van der Waals surface area (Å²) in [6, 6.07) is 10.5. The molecule has 0 unspecified atom stereocenters. The molecule has 96 valence electrons. The minimum atomic E-state index is -0.214. The van der Waals surface area contributed by atoms with Crippen molar-refractivity contribution in [3.05, 3.63) is 42.2 Å². The van der Waals surface area contributed by atoms with Gasteiger partial charge < -0.3 is 4.74 Å². The van der Waals surface area contributed by atoms with Crippen molar-refractivity contribution in [2.45, 2.75) is 27.2 Å². The Labute approximate surface area is 108 Å². The number of ether oxygens (including phenoxy) is 1. The molecular weight excluding hydrogens is 227 g/mol. The quantitative estimate of drug-likeness (QED) is 0.756. The summed E-state index contributed by atoms with van der Waals surface area (Å²) in [6.07, 6.45) is 0.991. The lowest BCUT2D eigenvalue weighted by Gasteiger charge is -2.18. The summed E-state index contributed by atoms with van der Waals surface area (Å²) in [5.41, 5.74) is 0.261. The Bertz CT molecular complexity index is 540. The van der Waals surface area contributed by atoms with Gasteiger partial charge in [0, 0.05) is 5.39 Å². The summed E-state index contributed by atoms with van der Waals surface area (Å²) in [7, 11) is 0. The van der Waals surface area contributed by atoms with Crippen molar-refractivity contribution in [2.75, 3.05) is 6.61 Å². The number of benzene rings is 2. The van der Waals surface area contributed by atoms with Crippen LogP contribution >= 0.6 is 0 Å². The molecular formula is C16H19FO. The van der Waals surface area contributed by atoms with Crippen LogP contribution in [-0.2, 0) is 0 Å². The van der Waals surface area contributed by atoms with Gasteiger partial charge in [-0.25, -0.2) is 4.39 Å². The van der Waals surface area contributed by atoms with E-state index in [0.717, 1.165) is 22.9 Å². The molecule has 0 saturated carbocycles. The second kappa shape index (κ2) is 4.97. The van der Waals surface area contributed by atoms with Gasteiger partial charge in [0.1, 0.15) is 11.6 Å². The molecule has 2 aromatic carbocycles. The first kappa shape index (κ1) is 12.9. The maximum atomic E-state index is 13.1. The standard InChI is InChI=1S/C16H19FO/c1-16(2,3)9-10-18-15-6-4-5-12-11-13(17)7-8-14(12)15/h4-8,11H,9-10H2,1-3H3. The molecule has 0 aliphatic heterocycles. The summed E-state index contributed by atoms with van der Waals surface area (Å²) < 4.78 is 18.9.